The van der Waals surface area contributed by atoms with Crippen molar-refractivity contribution in [2.24, 2.45) is 0 Å². The molecule has 0 atom stereocenters. The van der Waals surface area contributed by atoms with Gasteiger partial charge in [-0.15, -0.1) is 0 Å². The maximum atomic E-state index is 12.1. The summed E-state index contributed by atoms with van der Waals surface area (Å²) in [7, 11) is 0. The Hall–Kier alpha value is -2.44. The fourth-order valence-corrected chi connectivity index (χ4v) is 2.35. The van der Waals surface area contributed by atoms with Crippen LogP contribution in [0.3, 0.4) is 0 Å². The van der Waals surface area contributed by atoms with E-state index in [4.69, 9.17) is 28.9 Å². The van der Waals surface area contributed by atoms with Crippen molar-refractivity contribution in [3.8, 4) is 0 Å². The highest BCUT2D eigenvalue weighted by Crippen LogP contribution is 2.19. The number of rotatable bonds is 3. The van der Waals surface area contributed by atoms with Gasteiger partial charge in [0, 0.05) is 16.3 Å². The number of hydrogen-bond donors (Lipinski definition) is 3. The van der Waals surface area contributed by atoms with E-state index in [1.54, 1.807) is 37.3 Å². The van der Waals surface area contributed by atoms with E-state index in [-0.39, 0.29) is 10.7 Å². The molecule has 0 aromatic heterocycles. The van der Waals surface area contributed by atoms with Gasteiger partial charge >= 0.3 is 5.97 Å². The van der Waals surface area contributed by atoms with Crippen LogP contribution < -0.4 is 10.6 Å². The van der Waals surface area contributed by atoms with Gasteiger partial charge in [-0.3, -0.25) is 10.1 Å². The van der Waals surface area contributed by atoms with Crippen LogP contribution in [0.15, 0.2) is 42.5 Å². The summed E-state index contributed by atoms with van der Waals surface area (Å²) < 4.78 is 0. The molecule has 0 aliphatic carbocycles. The van der Waals surface area contributed by atoms with E-state index in [2.05, 4.69) is 10.6 Å². The van der Waals surface area contributed by atoms with Crippen LogP contribution in [0.2, 0.25) is 5.02 Å². The monoisotopic (exact) mass is 348 g/mol. The molecular weight excluding hydrogens is 336 g/mol. The van der Waals surface area contributed by atoms with Crippen LogP contribution in [-0.4, -0.2) is 22.1 Å². The summed E-state index contributed by atoms with van der Waals surface area (Å²) in [4.78, 5) is 23.2. The van der Waals surface area contributed by atoms with Gasteiger partial charge in [0.15, 0.2) is 5.11 Å². The van der Waals surface area contributed by atoms with Crippen molar-refractivity contribution >= 4 is 46.5 Å². The quantitative estimate of drug-likeness (QED) is 0.740. The Bertz CT molecular complexity index is 793. The smallest absolute Gasteiger partial charge is 0.336 e. The molecule has 7 heteroatoms. The first-order valence-electron chi connectivity index (χ1n) is 6.59. The molecule has 0 spiro atoms. The van der Waals surface area contributed by atoms with Crippen molar-refractivity contribution in [2.45, 2.75) is 6.92 Å². The number of nitrogens with one attached hydrogen (secondary N) is 2. The van der Waals surface area contributed by atoms with Gasteiger partial charge in [0.2, 0.25) is 0 Å². The van der Waals surface area contributed by atoms with E-state index >= 15 is 0 Å². The third-order valence-electron chi connectivity index (χ3n) is 3.13. The minimum atomic E-state index is -1.03. The number of hydrogen-bond acceptors (Lipinski definition) is 3. The maximum absolute atomic E-state index is 12.1. The zero-order valence-corrected chi connectivity index (χ0v) is 13.7. The maximum Gasteiger partial charge on any atom is 0.336 e. The number of carbonyl (C=O) groups excluding carboxylic acids is 1. The van der Waals surface area contributed by atoms with Crippen LogP contribution in [0.5, 0.6) is 0 Å². The van der Waals surface area contributed by atoms with Gasteiger partial charge in [-0.25, -0.2) is 4.79 Å². The highest BCUT2D eigenvalue weighted by molar-refractivity contribution is 7.80. The normalized spacial score (nSPS) is 10.0. The van der Waals surface area contributed by atoms with Gasteiger partial charge in [0.25, 0.3) is 5.91 Å². The Morgan fingerprint density at radius 2 is 1.87 bits per heavy atom. The lowest BCUT2D eigenvalue weighted by molar-refractivity contribution is 0.0696. The Kier molecular flexibility index (Phi) is 5.31. The Labute approximate surface area is 143 Å². The molecule has 0 radical (unpaired) electrons. The van der Waals surface area contributed by atoms with Crippen LogP contribution >= 0.6 is 23.8 Å². The summed E-state index contributed by atoms with van der Waals surface area (Å²) in [5.74, 6) is -1.43. The fraction of sp³-hybridized carbons (Fsp3) is 0.0625. The highest BCUT2D eigenvalue weighted by Gasteiger charge is 2.12. The first-order valence-corrected chi connectivity index (χ1v) is 7.38. The second-order valence-electron chi connectivity index (χ2n) is 4.70. The Morgan fingerprint density at radius 1 is 1.17 bits per heavy atom. The molecule has 0 aliphatic rings. The molecule has 2 rings (SSSR count). The minimum absolute atomic E-state index is 0.0700. The van der Waals surface area contributed by atoms with E-state index in [0.717, 1.165) is 0 Å². The molecule has 118 valence electrons. The highest BCUT2D eigenvalue weighted by atomic mass is 35.5. The lowest BCUT2D eigenvalue weighted by Gasteiger charge is -2.13. The SMILES string of the molecule is Cc1c(NC(=S)NC(=O)c2cccc(Cl)c2)cccc1C(=O)O. The van der Waals surface area contributed by atoms with Crippen molar-refractivity contribution in [2.75, 3.05) is 5.32 Å². The number of carbonyl (C=O) groups is 2. The van der Waals surface area contributed by atoms with E-state index in [1.807, 2.05) is 0 Å². The van der Waals surface area contributed by atoms with Gasteiger partial charge in [-0.2, -0.15) is 0 Å². The van der Waals surface area contributed by atoms with Gasteiger partial charge in [-0.1, -0.05) is 23.7 Å². The van der Waals surface area contributed by atoms with Crippen LogP contribution in [0.4, 0.5) is 5.69 Å². The van der Waals surface area contributed by atoms with Gasteiger partial charge in [-0.05, 0) is 55.0 Å². The lowest BCUT2D eigenvalue weighted by atomic mass is 10.1. The van der Waals surface area contributed by atoms with Crippen molar-refractivity contribution in [3.63, 3.8) is 0 Å². The van der Waals surface area contributed by atoms with Gasteiger partial charge in [0.05, 0.1) is 5.56 Å². The molecule has 0 unspecified atom stereocenters. The number of anilines is 1. The largest absolute Gasteiger partial charge is 0.478 e. The molecule has 1 amide bonds. The van der Waals surface area contributed by atoms with Crippen molar-refractivity contribution in [3.05, 3.63) is 64.2 Å². The number of carboxylic acids is 1. The number of benzene rings is 2. The standard InChI is InChI=1S/C16H13ClN2O3S/c1-9-12(15(21)22)6-3-7-13(9)18-16(23)19-14(20)10-4-2-5-11(17)8-10/h2-8H,1H3,(H,21,22)(H2,18,19,20,23). The predicted molar refractivity (Wildman–Crippen MR) is 93.3 cm³/mol. The first kappa shape index (κ1) is 16.9. The average Bonchev–Trinajstić information content (AvgIpc) is 2.49. The zero-order chi connectivity index (χ0) is 17.0. The van der Waals surface area contributed by atoms with Crippen molar-refractivity contribution < 1.29 is 14.7 Å². The zero-order valence-electron chi connectivity index (χ0n) is 12.1. The second kappa shape index (κ2) is 7.21. The van der Waals surface area contributed by atoms with Gasteiger partial charge in [0.1, 0.15) is 0 Å². The molecule has 3 N–H and O–H groups in total. The third kappa shape index (κ3) is 4.28. The summed E-state index contributed by atoms with van der Waals surface area (Å²) in [6.07, 6.45) is 0. The molecule has 0 saturated carbocycles. The summed E-state index contributed by atoms with van der Waals surface area (Å²) in [6.45, 7) is 1.66. The van der Waals surface area contributed by atoms with Crippen LogP contribution in [0, 0.1) is 6.92 Å². The molecule has 0 aliphatic heterocycles. The van der Waals surface area contributed by atoms with Crippen LogP contribution in [-0.2, 0) is 0 Å². The number of carboxylic acid groups (broad SMARTS) is 1. The fourth-order valence-electron chi connectivity index (χ4n) is 1.96. The molecule has 0 saturated heterocycles. The van der Waals surface area contributed by atoms with Crippen LogP contribution in [0.25, 0.3) is 0 Å². The van der Waals surface area contributed by atoms with E-state index in [1.165, 1.54) is 12.1 Å². The molecule has 2 aromatic rings. The molecular formula is C16H13ClN2O3S. The third-order valence-corrected chi connectivity index (χ3v) is 3.57. The molecule has 2 aromatic carbocycles. The Balaban J connectivity index is 2.10. The second-order valence-corrected chi connectivity index (χ2v) is 5.55. The van der Waals surface area contributed by atoms with E-state index in [9.17, 15) is 9.59 Å². The molecule has 0 fully saturated rings. The number of thiocarbonyl (C=S) groups is 1. The summed E-state index contributed by atoms with van der Waals surface area (Å²) >= 11 is 10.9. The number of halogens is 1. The molecule has 0 bridgehead atoms. The summed E-state index contributed by atoms with van der Waals surface area (Å²) in [5, 5.41) is 15.0. The van der Waals surface area contributed by atoms with Crippen molar-refractivity contribution in [1.82, 2.24) is 5.32 Å². The van der Waals surface area contributed by atoms with E-state index in [0.29, 0.717) is 21.8 Å². The van der Waals surface area contributed by atoms with E-state index < -0.39 is 11.9 Å². The van der Waals surface area contributed by atoms with Crippen molar-refractivity contribution in [1.29, 1.82) is 0 Å². The average molecular weight is 349 g/mol. The lowest BCUT2D eigenvalue weighted by Crippen LogP contribution is -2.34. The van der Waals surface area contributed by atoms with Gasteiger partial charge < -0.3 is 10.4 Å². The number of amides is 1. The molecule has 0 heterocycles. The predicted octanol–water partition coefficient (Wildman–Crippen LogP) is 3.47. The Morgan fingerprint density at radius 3 is 2.52 bits per heavy atom. The summed E-state index contributed by atoms with van der Waals surface area (Å²) in [6, 6.07) is 11.2. The van der Waals surface area contributed by atoms with Crippen LogP contribution in [0.1, 0.15) is 26.3 Å². The topological polar surface area (TPSA) is 78.4 Å². The molecule has 23 heavy (non-hydrogen) atoms. The molecule has 5 nitrogen and oxygen atoms in total. The minimum Gasteiger partial charge on any atom is -0.478 e. The first-order chi connectivity index (χ1) is 10.9. The summed E-state index contributed by atoms with van der Waals surface area (Å²) in [5.41, 5.74) is 1.58. The number of aromatic carboxylic acids is 1.